The molecule has 0 aliphatic heterocycles. The van der Waals surface area contributed by atoms with E-state index < -0.39 is 5.97 Å². The number of rotatable bonds is 2. The Kier molecular flexibility index (Phi) is 3.57. The minimum atomic E-state index is -0.550. The van der Waals surface area contributed by atoms with Gasteiger partial charge in [0.25, 0.3) is 0 Å². The van der Waals surface area contributed by atoms with E-state index in [1.54, 1.807) is 0 Å². The maximum atomic E-state index is 11.4. The summed E-state index contributed by atoms with van der Waals surface area (Å²) < 4.78 is 5.43. The molecule has 2 N–H and O–H groups in total. The largest absolute Gasteiger partial charge is 0.465 e. The van der Waals surface area contributed by atoms with Gasteiger partial charge in [-0.15, -0.1) is 0 Å². The van der Waals surface area contributed by atoms with Crippen LogP contribution in [0.1, 0.15) is 10.4 Å². The first-order valence-corrected chi connectivity index (χ1v) is 5.88. The Balaban J connectivity index is 2.47. The van der Waals surface area contributed by atoms with E-state index in [0.717, 1.165) is 10.0 Å². The average molecular weight is 308 g/mol. The molecule has 1 heterocycles. The highest BCUT2D eigenvalue weighted by Gasteiger charge is 2.14. The summed E-state index contributed by atoms with van der Waals surface area (Å²) in [6, 6.07) is 7.49. The zero-order chi connectivity index (χ0) is 13.1. The van der Waals surface area contributed by atoms with Gasteiger partial charge in [0.2, 0.25) is 0 Å². The number of halogens is 1. The summed E-state index contributed by atoms with van der Waals surface area (Å²) >= 11 is 3.41. The highest BCUT2D eigenvalue weighted by atomic mass is 79.9. The number of benzene rings is 1. The second kappa shape index (κ2) is 5.14. The van der Waals surface area contributed by atoms with Crippen molar-refractivity contribution >= 4 is 27.7 Å². The van der Waals surface area contributed by atoms with E-state index in [4.69, 9.17) is 5.73 Å². The highest BCUT2D eigenvalue weighted by Crippen LogP contribution is 2.25. The molecular formula is C12H10BrN3O2. The fourth-order valence-corrected chi connectivity index (χ4v) is 1.90. The molecule has 0 fully saturated rings. The number of esters is 1. The molecule has 0 saturated carbocycles. The molecule has 0 atom stereocenters. The fourth-order valence-electron chi connectivity index (χ4n) is 1.43. The van der Waals surface area contributed by atoms with Crippen LogP contribution in [0.25, 0.3) is 11.4 Å². The minimum Gasteiger partial charge on any atom is -0.465 e. The number of anilines is 1. The predicted molar refractivity (Wildman–Crippen MR) is 70.9 cm³/mol. The van der Waals surface area contributed by atoms with Crippen LogP contribution in [0.3, 0.4) is 0 Å². The number of nitrogen functional groups attached to an aromatic ring is 1. The zero-order valence-corrected chi connectivity index (χ0v) is 11.1. The lowest BCUT2D eigenvalue weighted by atomic mass is 10.2. The summed E-state index contributed by atoms with van der Waals surface area (Å²) in [5.41, 5.74) is 6.68. The molecular weight excluding hydrogens is 298 g/mol. The first kappa shape index (κ1) is 12.5. The molecule has 0 unspecified atom stereocenters. The summed E-state index contributed by atoms with van der Waals surface area (Å²) in [5, 5.41) is 0. The first-order chi connectivity index (χ1) is 8.63. The van der Waals surface area contributed by atoms with Crippen molar-refractivity contribution in [1.29, 1.82) is 0 Å². The van der Waals surface area contributed by atoms with Crippen molar-refractivity contribution < 1.29 is 9.53 Å². The molecule has 0 amide bonds. The van der Waals surface area contributed by atoms with Crippen LogP contribution in [0.4, 0.5) is 5.82 Å². The van der Waals surface area contributed by atoms with Gasteiger partial charge in [0.15, 0.2) is 5.82 Å². The van der Waals surface area contributed by atoms with Gasteiger partial charge in [-0.3, -0.25) is 0 Å². The maximum Gasteiger partial charge on any atom is 0.343 e. The molecule has 92 valence electrons. The lowest BCUT2D eigenvalue weighted by molar-refractivity contribution is 0.0601. The lowest BCUT2D eigenvalue weighted by Gasteiger charge is -2.06. The number of hydrogen-bond acceptors (Lipinski definition) is 5. The minimum absolute atomic E-state index is 0.0996. The Morgan fingerprint density at radius 2 is 2.11 bits per heavy atom. The number of carbonyl (C=O) groups is 1. The second-order valence-corrected chi connectivity index (χ2v) is 4.32. The Hall–Kier alpha value is -1.95. The van der Waals surface area contributed by atoms with E-state index >= 15 is 0 Å². The van der Waals surface area contributed by atoms with Crippen molar-refractivity contribution in [2.75, 3.05) is 12.8 Å². The van der Waals surface area contributed by atoms with E-state index in [1.807, 2.05) is 24.3 Å². The topological polar surface area (TPSA) is 78.1 Å². The van der Waals surface area contributed by atoms with Crippen molar-refractivity contribution in [3.63, 3.8) is 0 Å². The van der Waals surface area contributed by atoms with Crippen molar-refractivity contribution in [1.82, 2.24) is 9.97 Å². The lowest BCUT2D eigenvalue weighted by Crippen LogP contribution is -2.09. The van der Waals surface area contributed by atoms with Crippen LogP contribution in [-0.2, 0) is 4.74 Å². The molecule has 1 aromatic heterocycles. The van der Waals surface area contributed by atoms with Crippen LogP contribution in [-0.4, -0.2) is 23.0 Å². The van der Waals surface area contributed by atoms with Crippen LogP contribution in [0.2, 0.25) is 0 Å². The van der Waals surface area contributed by atoms with Crippen LogP contribution in [0.15, 0.2) is 34.9 Å². The monoisotopic (exact) mass is 307 g/mol. The molecule has 2 aromatic rings. The number of carbonyl (C=O) groups excluding carboxylic acids is 1. The molecule has 0 radical (unpaired) electrons. The molecule has 0 saturated heterocycles. The van der Waals surface area contributed by atoms with E-state index in [0.29, 0.717) is 5.82 Å². The first-order valence-electron chi connectivity index (χ1n) is 5.09. The van der Waals surface area contributed by atoms with Gasteiger partial charge in [-0.25, -0.2) is 14.8 Å². The summed E-state index contributed by atoms with van der Waals surface area (Å²) in [7, 11) is 1.28. The Bertz CT molecular complexity index is 602. The third kappa shape index (κ3) is 2.33. The number of aromatic nitrogens is 2. The number of nitrogens with zero attached hydrogens (tertiary/aromatic N) is 2. The SMILES string of the molecule is COC(=O)c1cnc(-c2ccccc2Br)nc1N. The van der Waals surface area contributed by atoms with E-state index in [-0.39, 0.29) is 11.4 Å². The second-order valence-electron chi connectivity index (χ2n) is 3.46. The fraction of sp³-hybridized carbons (Fsp3) is 0.0833. The standard InChI is InChI=1S/C12H10BrN3O2/c1-18-12(17)8-6-15-11(16-10(8)14)7-4-2-3-5-9(7)13/h2-6H,1H3,(H2,14,15,16). The van der Waals surface area contributed by atoms with Gasteiger partial charge in [0, 0.05) is 16.2 Å². The third-order valence-electron chi connectivity index (χ3n) is 2.34. The summed E-state index contributed by atoms with van der Waals surface area (Å²) in [4.78, 5) is 19.6. The van der Waals surface area contributed by atoms with Gasteiger partial charge in [-0.2, -0.15) is 0 Å². The van der Waals surface area contributed by atoms with Crippen molar-refractivity contribution in [3.05, 3.63) is 40.5 Å². The Labute approximate surface area is 112 Å². The highest BCUT2D eigenvalue weighted by molar-refractivity contribution is 9.10. The number of nitrogens with two attached hydrogens (primary N) is 1. The van der Waals surface area contributed by atoms with Crippen LogP contribution >= 0.6 is 15.9 Å². The summed E-state index contributed by atoms with van der Waals surface area (Å²) in [6.07, 6.45) is 1.36. The number of ether oxygens (including phenoxy) is 1. The smallest absolute Gasteiger partial charge is 0.343 e. The molecule has 1 aromatic carbocycles. The third-order valence-corrected chi connectivity index (χ3v) is 3.03. The van der Waals surface area contributed by atoms with Gasteiger partial charge >= 0.3 is 5.97 Å². The van der Waals surface area contributed by atoms with E-state index in [2.05, 4.69) is 30.6 Å². The number of methoxy groups -OCH3 is 1. The van der Waals surface area contributed by atoms with Gasteiger partial charge in [0.05, 0.1) is 7.11 Å². The zero-order valence-electron chi connectivity index (χ0n) is 9.55. The van der Waals surface area contributed by atoms with Gasteiger partial charge in [-0.1, -0.05) is 34.1 Å². The van der Waals surface area contributed by atoms with E-state index in [1.165, 1.54) is 13.3 Å². The number of hydrogen-bond donors (Lipinski definition) is 1. The molecule has 0 aliphatic carbocycles. The molecule has 18 heavy (non-hydrogen) atoms. The normalized spacial score (nSPS) is 10.1. The van der Waals surface area contributed by atoms with E-state index in [9.17, 15) is 4.79 Å². The maximum absolute atomic E-state index is 11.4. The Morgan fingerprint density at radius 1 is 1.39 bits per heavy atom. The van der Waals surface area contributed by atoms with Crippen LogP contribution < -0.4 is 5.73 Å². The van der Waals surface area contributed by atoms with Gasteiger partial charge in [0.1, 0.15) is 11.4 Å². The van der Waals surface area contributed by atoms with Crippen LogP contribution in [0.5, 0.6) is 0 Å². The molecule has 2 rings (SSSR count). The van der Waals surface area contributed by atoms with Crippen molar-refractivity contribution in [3.8, 4) is 11.4 Å². The Morgan fingerprint density at radius 3 is 2.72 bits per heavy atom. The molecule has 0 aliphatic rings. The molecule has 0 bridgehead atoms. The van der Waals surface area contributed by atoms with Crippen molar-refractivity contribution in [2.45, 2.75) is 0 Å². The van der Waals surface area contributed by atoms with Crippen molar-refractivity contribution in [2.24, 2.45) is 0 Å². The average Bonchev–Trinajstić information content (AvgIpc) is 2.38. The molecule has 6 heteroatoms. The summed E-state index contributed by atoms with van der Waals surface area (Å²) in [5.74, 6) is 0.00130. The molecule has 0 spiro atoms. The molecule has 5 nitrogen and oxygen atoms in total. The predicted octanol–water partition coefficient (Wildman–Crippen LogP) is 2.27. The van der Waals surface area contributed by atoms with Crippen LogP contribution in [0, 0.1) is 0 Å². The summed E-state index contributed by atoms with van der Waals surface area (Å²) in [6.45, 7) is 0. The van der Waals surface area contributed by atoms with Gasteiger partial charge < -0.3 is 10.5 Å². The van der Waals surface area contributed by atoms with Gasteiger partial charge in [-0.05, 0) is 6.07 Å². The quantitative estimate of drug-likeness (QED) is 0.861.